The molecule has 0 aromatic heterocycles. The van der Waals surface area contributed by atoms with Crippen LogP contribution in [0.4, 0.5) is 0 Å². The van der Waals surface area contributed by atoms with E-state index in [-0.39, 0.29) is 27.2 Å². The largest absolute Gasteiger partial charge is 1.00 e. The molecule has 0 heterocycles. The minimum Gasteiger partial charge on any atom is -1.00 e. The van der Waals surface area contributed by atoms with Gasteiger partial charge in [0.15, 0.2) is 5.16 Å². The molecule has 104 valence electrons. The molecule has 1 rings (SSSR count). The van der Waals surface area contributed by atoms with Gasteiger partial charge in [-0.1, -0.05) is 64.6 Å². The predicted octanol–water partition coefficient (Wildman–Crippen LogP) is -0.604. The first-order valence-corrected chi connectivity index (χ1v) is 6.77. The molecule has 0 spiro atoms. The zero-order chi connectivity index (χ0) is 13.7. The third-order valence-electron chi connectivity index (χ3n) is 1.87. The topological polar surface area (TPSA) is 64.0 Å². The Bertz CT molecular complexity index is 507. The minimum atomic E-state index is -0.113. The van der Waals surface area contributed by atoms with Crippen molar-refractivity contribution in [2.45, 2.75) is 6.92 Å². The number of halogens is 4. The number of hydrogen-bond donors (Lipinski definition) is 2. The molecule has 0 unspecified atom stereocenters. The molecule has 0 amide bonds. The van der Waals surface area contributed by atoms with Crippen LogP contribution in [0, 0.1) is 6.92 Å². The van der Waals surface area contributed by atoms with Gasteiger partial charge in [-0.05, 0) is 6.92 Å². The second kappa shape index (κ2) is 8.72. The van der Waals surface area contributed by atoms with Crippen LogP contribution in [0.15, 0.2) is 38.9 Å². The molecule has 0 radical (unpaired) electrons. The van der Waals surface area contributed by atoms with Crippen LogP contribution < -0.4 is 23.5 Å². The van der Waals surface area contributed by atoms with E-state index in [9.17, 15) is 0 Å². The Morgan fingerprint density at radius 1 is 1.21 bits per heavy atom. The van der Waals surface area contributed by atoms with Gasteiger partial charge in [0.25, 0.3) is 0 Å². The Hall–Kier alpha value is -0.390. The van der Waals surface area contributed by atoms with Gasteiger partial charge in [0.2, 0.25) is 0 Å². The second-order valence-electron chi connectivity index (χ2n) is 3.34. The SMILES string of the molecule is Cc1ccc(/C(=N/C(Cl)=C(Cl)Cl)SC(N)=[NH2+])cc1.[Cl-]. The molecule has 1 aromatic rings. The van der Waals surface area contributed by atoms with Gasteiger partial charge in [-0.2, -0.15) is 0 Å². The first kappa shape index (κ1) is 18.6. The average molecular weight is 359 g/mol. The average Bonchev–Trinajstić information content (AvgIpc) is 2.28. The van der Waals surface area contributed by atoms with Crippen LogP contribution in [0.5, 0.6) is 0 Å². The molecule has 0 aliphatic rings. The van der Waals surface area contributed by atoms with Crippen molar-refractivity contribution in [1.29, 1.82) is 0 Å². The van der Waals surface area contributed by atoms with Crippen LogP contribution in [0.3, 0.4) is 0 Å². The molecule has 0 saturated heterocycles. The van der Waals surface area contributed by atoms with Gasteiger partial charge in [-0.25, -0.2) is 4.99 Å². The van der Waals surface area contributed by atoms with Gasteiger partial charge in [0.1, 0.15) is 9.54 Å². The van der Waals surface area contributed by atoms with Crippen molar-refractivity contribution >= 4 is 56.8 Å². The van der Waals surface area contributed by atoms with E-state index in [1.54, 1.807) is 0 Å². The highest BCUT2D eigenvalue weighted by Gasteiger charge is 2.11. The van der Waals surface area contributed by atoms with Crippen LogP contribution in [-0.2, 0) is 0 Å². The fourth-order valence-electron chi connectivity index (χ4n) is 1.09. The van der Waals surface area contributed by atoms with Gasteiger partial charge in [0.05, 0.1) is 0 Å². The molecular weight excluding hydrogens is 348 g/mol. The fourth-order valence-corrected chi connectivity index (χ4v) is 1.92. The molecule has 0 fully saturated rings. The lowest BCUT2D eigenvalue weighted by atomic mass is 10.2. The summed E-state index contributed by atoms with van der Waals surface area (Å²) in [5.41, 5.74) is 7.42. The molecule has 0 atom stereocenters. The summed E-state index contributed by atoms with van der Waals surface area (Å²) in [6, 6.07) is 7.66. The Balaban J connectivity index is 0.00000324. The van der Waals surface area contributed by atoms with Crippen molar-refractivity contribution in [3.63, 3.8) is 0 Å². The van der Waals surface area contributed by atoms with E-state index in [0.717, 1.165) is 22.9 Å². The predicted molar refractivity (Wildman–Crippen MR) is 81.0 cm³/mol. The third-order valence-corrected chi connectivity index (χ3v) is 3.45. The normalized spacial score (nSPS) is 10.6. The second-order valence-corrected chi connectivity index (χ2v) is 5.71. The van der Waals surface area contributed by atoms with Gasteiger partial charge in [-0.15, -0.1) is 0 Å². The van der Waals surface area contributed by atoms with E-state index in [4.69, 9.17) is 45.9 Å². The summed E-state index contributed by atoms with van der Waals surface area (Å²) in [7, 11) is 0. The zero-order valence-corrected chi connectivity index (χ0v) is 13.7. The lowest BCUT2D eigenvalue weighted by Crippen LogP contribution is -3.00. The van der Waals surface area contributed by atoms with Crippen LogP contribution in [-0.4, -0.2) is 10.2 Å². The maximum Gasteiger partial charge on any atom is 0.306 e. The fraction of sp³-hybridized carbons (Fsp3) is 0.0909. The van der Waals surface area contributed by atoms with Crippen molar-refractivity contribution in [2.24, 2.45) is 10.7 Å². The summed E-state index contributed by atoms with van der Waals surface area (Å²) in [6.07, 6.45) is 0. The van der Waals surface area contributed by atoms with Crippen molar-refractivity contribution in [3.05, 3.63) is 45.0 Å². The first-order valence-electron chi connectivity index (χ1n) is 4.82. The summed E-state index contributed by atoms with van der Waals surface area (Å²) in [6.45, 7) is 1.99. The number of amidine groups is 1. The number of aliphatic imine (C=N–C) groups is 1. The number of nitrogens with two attached hydrogens (primary N) is 2. The summed E-state index contributed by atoms with van der Waals surface area (Å²) in [5.74, 6) is 0. The highest BCUT2D eigenvalue weighted by Crippen LogP contribution is 2.23. The maximum atomic E-state index is 5.80. The van der Waals surface area contributed by atoms with Crippen LogP contribution >= 0.6 is 46.6 Å². The van der Waals surface area contributed by atoms with E-state index < -0.39 is 0 Å². The number of nitrogens with zero attached hydrogens (tertiary/aromatic N) is 1. The number of benzene rings is 1. The number of thioether (sulfide) groups is 1. The smallest absolute Gasteiger partial charge is 0.306 e. The minimum absolute atomic E-state index is 0. The molecule has 4 N–H and O–H groups in total. The molecule has 0 aliphatic heterocycles. The van der Waals surface area contributed by atoms with Crippen LogP contribution in [0.25, 0.3) is 0 Å². The Morgan fingerprint density at radius 3 is 2.16 bits per heavy atom. The molecule has 0 saturated carbocycles. The summed E-state index contributed by atoms with van der Waals surface area (Å²) >= 11 is 18.0. The summed E-state index contributed by atoms with van der Waals surface area (Å²) in [5, 5.41) is 6.14. The lowest BCUT2D eigenvalue weighted by Gasteiger charge is -2.03. The van der Waals surface area contributed by atoms with Gasteiger partial charge < -0.3 is 12.4 Å². The van der Waals surface area contributed by atoms with Crippen molar-refractivity contribution < 1.29 is 17.8 Å². The Labute approximate surface area is 137 Å². The highest BCUT2D eigenvalue weighted by molar-refractivity contribution is 8.26. The van der Waals surface area contributed by atoms with Gasteiger partial charge in [-0.3, -0.25) is 11.1 Å². The molecule has 0 aliphatic carbocycles. The van der Waals surface area contributed by atoms with Gasteiger partial charge in [0, 0.05) is 17.3 Å². The highest BCUT2D eigenvalue weighted by atomic mass is 35.5. The molecule has 1 aromatic carbocycles. The molecule has 19 heavy (non-hydrogen) atoms. The molecule has 3 nitrogen and oxygen atoms in total. The summed E-state index contributed by atoms with van der Waals surface area (Å²) < 4.78 is -0.113. The Kier molecular flexibility index (Phi) is 8.54. The number of rotatable bonds is 2. The van der Waals surface area contributed by atoms with Crippen molar-refractivity contribution in [3.8, 4) is 0 Å². The molecule has 0 bridgehead atoms. The lowest BCUT2D eigenvalue weighted by molar-refractivity contribution is -0.109. The van der Waals surface area contributed by atoms with Crippen LogP contribution in [0.1, 0.15) is 11.1 Å². The van der Waals surface area contributed by atoms with Crippen LogP contribution in [0.2, 0.25) is 0 Å². The molecular formula is C11H11Cl4N3S. The zero-order valence-electron chi connectivity index (χ0n) is 9.83. The van der Waals surface area contributed by atoms with E-state index in [1.807, 2.05) is 31.2 Å². The van der Waals surface area contributed by atoms with E-state index in [1.165, 1.54) is 0 Å². The van der Waals surface area contributed by atoms with Crippen molar-refractivity contribution in [1.82, 2.24) is 0 Å². The Morgan fingerprint density at radius 2 is 1.74 bits per heavy atom. The maximum absolute atomic E-state index is 5.80. The molecule has 8 heteroatoms. The first-order chi connectivity index (χ1) is 8.40. The van der Waals surface area contributed by atoms with E-state index in [2.05, 4.69) is 4.99 Å². The van der Waals surface area contributed by atoms with Crippen molar-refractivity contribution in [2.75, 3.05) is 0 Å². The van der Waals surface area contributed by atoms with Gasteiger partial charge >= 0.3 is 5.17 Å². The van der Waals surface area contributed by atoms with E-state index >= 15 is 0 Å². The quantitative estimate of drug-likeness (QED) is 0.421. The summed E-state index contributed by atoms with van der Waals surface area (Å²) in [4.78, 5) is 4.10. The monoisotopic (exact) mass is 357 g/mol. The standard InChI is InChI=1S/C11H10Cl3N3S.ClH/c1-6-2-4-7(5-3-6)10(18-11(15)16)17-9(14)8(12)13;/h2-5H,1H3,(H3,15,16);1H/b17-10-;. The number of aryl methyl sites for hydroxylation is 1. The third kappa shape index (κ3) is 6.54. The van der Waals surface area contributed by atoms with E-state index in [0.29, 0.717) is 5.04 Å². The number of hydrogen-bond acceptors (Lipinski definition) is 2.